The number of aromatic hydroxyl groups is 1. The maximum absolute atomic E-state index is 10.2. The van der Waals surface area contributed by atoms with Gasteiger partial charge >= 0.3 is 0 Å². The Balaban J connectivity index is 1.97. The average molecular weight is 269 g/mol. The van der Waals surface area contributed by atoms with Gasteiger partial charge in [-0.1, -0.05) is 30.3 Å². The zero-order valence-electron chi connectivity index (χ0n) is 10.5. The van der Waals surface area contributed by atoms with Gasteiger partial charge < -0.3 is 10.8 Å². The van der Waals surface area contributed by atoms with E-state index in [-0.39, 0.29) is 5.75 Å². The summed E-state index contributed by atoms with van der Waals surface area (Å²) in [5.41, 5.74) is 7.57. The van der Waals surface area contributed by atoms with Crippen molar-refractivity contribution in [2.24, 2.45) is 0 Å². The molecule has 0 aliphatic rings. The van der Waals surface area contributed by atoms with Crippen LogP contribution in [-0.4, -0.2) is 5.11 Å². The number of benzene rings is 2. The quantitative estimate of drug-likeness (QED) is 0.558. The van der Waals surface area contributed by atoms with Crippen molar-refractivity contribution in [1.29, 1.82) is 0 Å². The normalized spacial score (nSPS) is 10.9. The highest BCUT2D eigenvalue weighted by atomic mass is 32.1. The zero-order chi connectivity index (χ0) is 13.2. The fourth-order valence-electron chi connectivity index (χ4n) is 2.32. The van der Waals surface area contributed by atoms with Gasteiger partial charge in [-0.05, 0) is 41.3 Å². The highest BCUT2D eigenvalue weighted by Crippen LogP contribution is 2.34. The summed E-state index contributed by atoms with van der Waals surface area (Å²) in [6, 6.07) is 14.0. The second-order valence-electron chi connectivity index (χ2n) is 4.60. The van der Waals surface area contributed by atoms with E-state index in [1.807, 2.05) is 24.3 Å². The highest BCUT2D eigenvalue weighted by molar-refractivity contribution is 7.09. The standard InChI is InChI=1S/C16H15NOS/c17-15-12(7-8-13-5-3-9-19-13)10-11-4-1-2-6-14(11)16(15)18/h1-6,9-10,18H,7-8,17H2. The largest absolute Gasteiger partial charge is 0.505 e. The third-order valence-electron chi connectivity index (χ3n) is 3.37. The molecule has 2 aromatic carbocycles. The predicted octanol–water partition coefficient (Wildman–Crippen LogP) is 3.97. The summed E-state index contributed by atoms with van der Waals surface area (Å²) in [7, 11) is 0. The van der Waals surface area contributed by atoms with E-state index in [0.717, 1.165) is 29.2 Å². The van der Waals surface area contributed by atoms with E-state index in [1.165, 1.54) is 4.88 Å². The number of aryl methyl sites for hydroxylation is 2. The summed E-state index contributed by atoms with van der Waals surface area (Å²) in [5.74, 6) is 0.208. The van der Waals surface area contributed by atoms with Crippen LogP contribution in [0.4, 0.5) is 5.69 Å². The fraction of sp³-hybridized carbons (Fsp3) is 0.125. The minimum Gasteiger partial charge on any atom is -0.505 e. The molecule has 0 aliphatic carbocycles. The van der Waals surface area contributed by atoms with E-state index in [0.29, 0.717) is 5.69 Å². The van der Waals surface area contributed by atoms with Crippen molar-refractivity contribution in [3.05, 3.63) is 58.3 Å². The molecule has 0 amide bonds. The Morgan fingerprint density at radius 3 is 2.68 bits per heavy atom. The molecule has 3 N–H and O–H groups in total. The smallest absolute Gasteiger partial charge is 0.146 e. The number of fused-ring (bicyclic) bond motifs is 1. The third kappa shape index (κ3) is 2.29. The maximum Gasteiger partial charge on any atom is 0.146 e. The molecule has 3 aromatic rings. The molecule has 0 fully saturated rings. The van der Waals surface area contributed by atoms with Crippen molar-refractivity contribution in [3.8, 4) is 5.75 Å². The summed E-state index contributed by atoms with van der Waals surface area (Å²) < 4.78 is 0. The maximum atomic E-state index is 10.2. The topological polar surface area (TPSA) is 46.2 Å². The Kier molecular flexibility index (Phi) is 3.13. The molecule has 3 heteroatoms. The molecule has 0 atom stereocenters. The van der Waals surface area contributed by atoms with Crippen LogP contribution in [0.5, 0.6) is 5.75 Å². The first-order valence-electron chi connectivity index (χ1n) is 6.27. The van der Waals surface area contributed by atoms with Crippen molar-refractivity contribution in [1.82, 2.24) is 0 Å². The Bertz CT molecular complexity index is 704. The van der Waals surface area contributed by atoms with Gasteiger partial charge in [0.05, 0.1) is 5.69 Å². The van der Waals surface area contributed by atoms with E-state index >= 15 is 0 Å². The lowest BCUT2D eigenvalue weighted by Gasteiger charge is -2.10. The van der Waals surface area contributed by atoms with E-state index in [1.54, 1.807) is 11.3 Å². The molecule has 2 nitrogen and oxygen atoms in total. The molecule has 0 bridgehead atoms. The van der Waals surface area contributed by atoms with Crippen LogP contribution in [0.15, 0.2) is 47.8 Å². The number of nitrogen functional groups attached to an aromatic ring is 1. The monoisotopic (exact) mass is 269 g/mol. The molecular formula is C16H15NOS. The molecule has 1 aromatic heterocycles. The van der Waals surface area contributed by atoms with Crippen molar-refractivity contribution >= 4 is 27.8 Å². The van der Waals surface area contributed by atoms with Gasteiger partial charge in [-0.2, -0.15) is 0 Å². The third-order valence-corrected chi connectivity index (χ3v) is 4.30. The number of phenolic OH excluding ortho intramolecular Hbond substituents is 1. The van der Waals surface area contributed by atoms with Gasteiger partial charge in [0.1, 0.15) is 5.75 Å². The number of hydrogen-bond donors (Lipinski definition) is 2. The Labute approximate surface area is 116 Å². The van der Waals surface area contributed by atoms with Crippen LogP contribution in [0.1, 0.15) is 10.4 Å². The van der Waals surface area contributed by atoms with Crippen LogP contribution in [0, 0.1) is 0 Å². The van der Waals surface area contributed by atoms with Crippen LogP contribution in [0.25, 0.3) is 10.8 Å². The molecule has 0 saturated heterocycles. The molecule has 19 heavy (non-hydrogen) atoms. The Morgan fingerprint density at radius 1 is 1.05 bits per heavy atom. The first-order valence-corrected chi connectivity index (χ1v) is 7.15. The summed E-state index contributed by atoms with van der Waals surface area (Å²) in [4.78, 5) is 1.34. The minimum atomic E-state index is 0.208. The zero-order valence-corrected chi connectivity index (χ0v) is 11.3. The van der Waals surface area contributed by atoms with Gasteiger partial charge in [-0.25, -0.2) is 0 Å². The number of hydrogen-bond acceptors (Lipinski definition) is 3. The number of thiophene rings is 1. The molecular weight excluding hydrogens is 254 g/mol. The van der Waals surface area contributed by atoms with Gasteiger partial charge in [0.2, 0.25) is 0 Å². The van der Waals surface area contributed by atoms with E-state index in [9.17, 15) is 5.11 Å². The van der Waals surface area contributed by atoms with Crippen LogP contribution in [-0.2, 0) is 12.8 Å². The number of phenols is 1. The molecule has 0 unspecified atom stereocenters. The van der Waals surface area contributed by atoms with Gasteiger partial charge in [0.25, 0.3) is 0 Å². The SMILES string of the molecule is Nc1c(CCc2cccs2)cc2ccccc2c1O. The molecule has 3 rings (SSSR count). The lowest BCUT2D eigenvalue weighted by molar-refractivity contribution is 0.483. The Hall–Kier alpha value is -2.00. The molecule has 0 radical (unpaired) electrons. The fourth-order valence-corrected chi connectivity index (χ4v) is 3.03. The summed E-state index contributed by atoms with van der Waals surface area (Å²) in [5, 5.41) is 14.1. The number of anilines is 1. The van der Waals surface area contributed by atoms with E-state index in [4.69, 9.17) is 5.73 Å². The molecule has 0 spiro atoms. The van der Waals surface area contributed by atoms with Crippen LogP contribution in [0.2, 0.25) is 0 Å². The highest BCUT2D eigenvalue weighted by Gasteiger charge is 2.09. The number of nitrogens with two attached hydrogens (primary N) is 1. The van der Waals surface area contributed by atoms with Crippen molar-refractivity contribution in [2.75, 3.05) is 5.73 Å². The van der Waals surface area contributed by atoms with Crippen LogP contribution in [0.3, 0.4) is 0 Å². The van der Waals surface area contributed by atoms with Crippen molar-refractivity contribution in [3.63, 3.8) is 0 Å². The summed E-state index contributed by atoms with van der Waals surface area (Å²) in [6.45, 7) is 0. The van der Waals surface area contributed by atoms with Crippen molar-refractivity contribution < 1.29 is 5.11 Å². The second kappa shape index (κ2) is 4.94. The predicted molar refractivity (Wildman–Crippen MR) is 81.8 cm³/mol. The van der Waals surface area contributed by atoms with Gasteiger partial charge in [0.15, 0.2) is 0 Å². The summed E-state index contributed by atoms with van der Waals surface area (Å²) >= 11 is 1.75. The lowest BCUT2D eigenvalue weighted by Crippen LogP contribution is -1.97. The first-order chi connectivity index (χ1) is 9.25. The molecule has 0 aliphatic heterocycles. The molecule has 1 heterocycles. The van der Waals surface area contributed by atoms with Crippen LogP contribution >= 0.6 is 11.3 Å². The lowest BCUT2D eigenvalue weighted by atomic mass is 10.0. The Morgan fingerprint density at radius 2 is 1.89 bits per heavy atom. The number of rotatable bonds is 3. The van der Waals surface area contributed by atoms with E-state index in [2.05, 4.69) is 23.6 Å². The summed E-state index contributed by atoms with van der Waals surface area (Å²) in [6.07, 6.45) is 1.81. The minimum absolute atomic E-state index is 0.208. The van der Waals surface area contributed by atoms with Crippen LogP contribution < -0.4 is 5.73 Å². The van der Waals surface area contributed by atoms with Gasteiger partial charge in [-0.15, -0.1) is 11.3 Å². The van der Waals surface area contributed by atoms with E-state index < -0.39 is 0 Å². The molecule has 0 saturated carbocycles. The van der Waals surface area contributed by atoms with Crippen molar-refractivity contribution in [2.45, 2.75) is 12.8 Å². The van der Waals surface area contributed by atoms with Gasteiger partial charge in [-0.3, -0.25) is 0 Å². The average Bonchev–Trinajstić information content (AvgIpc) is 2.94. The second-order valence-corrected chi connectivity index (χ2v) is 5.63. The first kappa shape index (κ1) is 12.1. The molecule has 96 valence electrons. The van der Waals surface area contributed by atoms with Gasteiger partial charge in [0, 0.05) is 10.3 Å².